The molecule has 7 heteroatoms. The highest BCUT2D eigenvalue weighted by molar-refractivity contribution is 5.85. The van der Waals surface area contributed by atoms with Crippen molar-refractivity contribution in [3.05, 3.63) is 29.8 Å². The van der Waals surface area contributed by atoms with Crippen LogP contribution < -0.4 is 5.32 Å². The number of phenolic OH excluding ortho intramolecular Hbond substituents is 1. The van der Waals surface area contributed by atoms with Crippen LogP contribution in [0.15, 0.2) is 24.3 Å². The Balaban J connectivity index is 0.00000144. The van der Waals surface area contributed by atoms with Gasteiger partial charge in [0.15, 0.2) is 6.61 Å². The molecule has 1 aromatic carbocycles. The molecule has 0 aromatic heterocycles. The molecule has 0 aliphatic carbocycles. The molecule has 94 valence electrons. The largest absolute Gasteiger partial charge is 0.508 e. The van der Waals surface area contributed by atoms with Crippen LogP contribution in [-0.4, -0.2) is 23.7 Å². The second-order valence-corrected chi connectivity index (χ2v) is 3.51. The molecule has 0 bridgehead atoms. The Kier molecular flexibility index (Phi) is 3.77. The molecular weight excluding hydrogens is 256 g/mol. The molecule has 1 aliphatic rings. The third kappa shape index (κ3) is 2.76. The number of alkyl carbamates (subject to hydrolysis) is 1. The molecule has 1 fully saturated rings. The molecule has 1 heterocycles. The van der Waals surface area contributed by atoms with Gasteiger partial charge in [0.1, 0.15) is 11.8 Å². The molecule has 1 aliphatic heterocycles. The van der Waals surface area contributed by atoms with Crippen molar-refractivity contribution < 1.29 is 23.4 Å². The second-order valence-electron chi connectivity index (χ2n) is 3.51. The summed E-state index contributed by atoms with van der Waals surface area (Å²) in [4.78, 5) is 10.9. The minimum atomic E-state index is -3.19. The van der Waals surface area contributed by atoms with Crippen LogP contribution in [-0.2, 0) is 4.74 Å². The molecule has 0 saturated carbocycles. The Morgan fingerprint density at radius 1 is 1.47 bits per heavy atom. The smallest absolute Gasteiger partial charge is 0.408 e. The van der Waals surface area contributed by atoms with Crippen LogP contribution in [0.3, 0.4) is 0 Å². The van der Waals surface area contributed by atoms with Crippen LogP contribution in [0, 0.1) is 0 Å². The first kappa shape index (κ1) is 13.5. The van der Waals surface area contributed by atoms with Gasteiger partial charge in [-0.3, -0.25) is 0 Å². The fourth-order valence-electron chi connectivity index (χ4n) is 1.54. The molecule has 4 nitrogen and oxygen atoms in total. The lowest BCUT2D eigenvalue weighted by Gasteiger charge is -2.31. The van der Waals surface area contributed by atoms with Gasteiger partial charge in [0.05, 0.1) is 0 Å². The Hall–Kier alpha value is -1.56. The number of cyclic esters (lactones) is 1. The number of benzene rings is 1. The first-order valence-corrected chi connectivity index (χ1v) is 4.59. The lowest BCUT2D eigenvalue weighted by atomic mass is 10.00. The van der Waals surface area contributed by atoms with E-state index in [1.807, 2.05) is 5.32 Å². The van der Waals surface area contributed by atoms with E-state index in [2.05, 4.69) is 4.74 Å². The minimum Gasteiger partial charge on any atom is -0.508 e. The number of alkyl halides is 2. The predicted molar refractivity (Wildman–Crippen MR) is 57.5 cm³/mol. The van der Waals surface area contributed by atoms with Gasteiger partial charge in [-0.15, -0.1) is 12.4 Å². The number of halogens is 3. The Morgan fingerprint density at radius 3 is 2.82 bits per heavy atom. The van der Waals surface area contributed by atoms with E-state index in [1.165, 1.54) is 24.3 Å². The van der Waals surface area contributed by atoms with Gasteiger partial charge in [0, 0.05) is 0 Å². The van der Waals surface area contributed by atoms with Gasteiger partial charge >= 0.3 is 12.0 Å². The fourth-order valence-corrected chi connectivity index (χ4v) is 1.54. The molecule has 2 rings (SSSR count). The van der Waals surface area contributed by atoms with Gasteiger partial charge < -0.3 is 15.2 Å². The third-order valence-electron chi connectivity index (χ3n) is 2.28. The fraction of sp³-hybridized carbons (Fsp3) is 0.300. The molecule has 0 unspecified atom stereocenters. The summed E-state index contributed by atoms with van der Waals surface area (Å²) in [5.41, 5.74) is 0.140. The summed E-state index contributed by atoms with van der Waals surface area (Å²) in [6.45, 7) is -0.959. The Labute approximate surface area is 102 Å². The van der Waals surface area contributed by atoms with Crippen molar-refractivity contribution in [1.29, 1.82) is 0 Å². The molecule has 1 atom stereocenters. The first-order valence-electron chi connectivity index (χ1n) is 4.59. The van der Waals surface area contributed by atoms with Crippen molar-refractivity contribution in [2.75, 3.05) is 6.61 Å². The molecule has 2 N–H and O–H groups in total. The molecule has 1 saturated heterocycles. The number of aromatic hydroxyl groups is 1. The molecule has 17 heavy (non-hydrogen) atoms. The van der Waals surface area contributed by atoms with E-state index in [9.17, 15) is 18.7 Å². The van der Waals surface area contributed by atoms with Crippen LogP contribution in [0.1, 0.15) is 11.6 Å². The summed E-state index contributed by atoms with van der Waals surface area (Å²) in [6.07, 6.45) is -0.890. The normalized spacial score (nSPS) is 22.0. The zero-order valence-corrected chi connectivity index (χ0v) is 9.34. The SMILES string of the molecule is Cl.O=C1N[C@@H](c2cccc(O)c2)C(F)(F)CO1. The van der Waals surface area contributed by atoms with E-state index in [0.29, 0.717) is 0 Å². The predicted octanol–water partition coefficient (Wildman–Crippen LogP) is 2.23. The van der Waals surface area contributed by atoms with E-state index in [0.717, 1.165) is 0 Å². The first-order chi connectivity index (χ1) is 7.49. The number of ether oxygens (including phenoxy) is 1. The van der Waals surface area contributed by atoms with E-state index >= 15 is 0 Å². The zero-order chi connectivity index (χ0) is 11.8. The molecule has 1 aromatic rings. The average molecular weight is 266 g/mol. The second kappa shape index (κ2) is 4.75. The summed E-state index contributed by atoms with van der Waals surface area (Å²) >= 11 is 0. The van der Waals surface area contributed by atoms with Crippen molar-refractivity contribution in [1.82, 2.24) is 5.32 Å². The number of phenols is 1. The van der Waals surface area contributed by atoms with Gasteiger partial charge in [-0.1, -0.05) is 12.1 Å². The lowest BCUT2D eigenvalue weighted by Crippen LogP contribution is -2.49. The van der Waals surface area contributed by atoms with Crippen molar-refractivity contribution >= 4 is 18.5 Å². The van der Waals surface area contributed by atoms with Crippen LogP contribution in [0.25, 0.3) is 0 Å². The number of nitrogens with one attached hydrogen (secondary N) is 1. The third-order valence-corrected chi connectivity index (χ3v) is 2.28. The van der Waals surface area contributed by atoms with Crippen LogP contribution in [0.2, 0.25) is 0 Å². The van der Waals surface area contributed by atoms with Gasteiger partial charge in [0.25, 0.3) is 0 Å². The molecule has 1 amide bonds. The Morgan fingerprint density at radius 2 is 2.18 bits per heavy atom. The van der Waals surface area contributed by atoms with Crippen molar-refractivity contribution in [2.24, 2.45) is 0 Å². The number of carbonyl (C=O) groups is 1. The topological polar surface area (TPSA) is 58.6 Å². The standard InChI is InChI=1S/C10H9F2NO3.ClH/c11-10(12)5-16-9(15)13-8(10)6-2-1-3-7(14)4-6;/h1-4,8,14H,5H2,(H,13,15);1H/t8-;/m0./s1. The summed E-state index contributed by atoms with van der Waals surface area (Å²) in [7, 11) is 0. The average Bonchev–Trinajstić information content (AvgIpc) is 2.22. The maximum Gasteiger partial charge on any atom is 0.408 e. The zero-order valence-electron chi connectivity index (χ0n) is 8.52. The number of hydrogen-bond acceptors (Lipinski definition) is 3. The highest BCUT2D eigenvalue weighted by atomic mass is 35.5. The number of rotatable bonds is 1. The van der Waals surface area contributed by atoms with Crippen molar-refractivity contribution in [2.45, 2.75) is 12.0 Å². The summed E-state index contributed by atoms with van der Waals surface area (Å²) in [6, 6.07) is 3.92. The van der Waals surface area contributed by atoms with Crippen molar-refractivity contribution in [3.8, 4) is 5.75 Å². The van der Waals surface area contributed by atoms with Crippen LogP contribution >= 0.6 is 12.4 Å². The van der Waals surface area contributed by atoms with Crippen LogP contribution in [0.5, 0.6) is 5.75 Å². The van der Waals surface area contributed by atoms with Gasteiger partial charge in [0.2, 0.25) is 0 Å². The Bertz CT molecular complexity index is 428. The number of carbonyl (C=O) groups excluding carboxylic acids is 1. The van der Waals surface area contributed by atoms with E-state index in [1.54, 1.807) is 0 Å². The minimum absolute atomic E-state index is 0. The number of hydrogen-bond donors (Lipinski definition) is 2. The monoisotopic (exact) mass is 265 g/mol. The number of amides is 1. The highest BCUT2D eigenvalue weighted by Crippen LogP contribution is 2.35. The maximum absolute atomic E-state index is 13.4. The molecule has 0 spiro atoms. The van der Waals surface area contributed by atoms with E-state index in [4.69, 9.17) is 0 Å². The van der Waals surface area contributed by atoms with Gasteiger partial charge in [-0.05, 0) is 17.7 Å². The summed E-state index contributed by atoms with van der Waals surface area (Å²) < 4.78 is 31.1. The molecular formula is C10H10ClF2NO3. The summed E-state index contributed by atoms with van der Waals surface area (Å²) in [5, 5.41) is 11.2. The van der Waals surface area contributed by atoms with E-state index < -0.39 is 24.7 Å². The lowest BCUT2D eigenvalue weighted by molar-refractivity contribution is -0.104. The van der Waals surface area contributed by atoms with Gasteiger partial charge in [-0.25, -0.2) is 13.6 Å². The van der Waals surface area contributed by atoms with Crippen LogP contribution in [0.4, 0.5) is 13.6 Å². The molecule has 0 radical (unpaired) electrons. The highest BCUT2D eigenvalue weighted by Gasteiger charge is 2.46. The quantitative estimate of drug-likeness (QED) is 0.819. The van der Waals surface area contributed by atoms with E-state index in [-0.39, 0.29) is 23.7 Å². The maximum atomic E-state index is 13.4. The summed E-state index contributed by atoms with van der Waals surface area (Å²) in [5.74, 6) is -3.32. The van der Waals surface area contributed by atoms with Gasteiger partial charge in [-0.2, -0.15) is 0 Å². The van der Waals surface area contributed by atoms with Crippen molar-refractivity contribution in [3.63, 3.8) is 0 Å².